The third-order valence-electron chi connectivity index (χ3n) is 2.04. The van der Waals surface area contributed by atoms with Crippen LogP contribution in [-0.2, 0) is 4.74 Å². The highest BCUT2D eigenvalue weighted by Gasteiger charge is 2.16. The van der Waals surface area contributed by atoms with Gasteiger partial charge in [0.25, 0.3) is 0 Å². The molecule has 1 aliphatic rings. The van der Waals surface area contributed by atoms with E-state index in [-0.39, 0.29) is 0 Å². The van der Waals surface area contributed by atoms with Crippen molar-refractivity contribution in [2.45, 2.75) is 26.7 Å². The van der Waals surface area contributed by atoms with Crippen LogP contribution in [0.1, 0.15) is 26.7 Å². The normalized spacial score (nSPS) is 23.0. The van der Waals surface area contributed by atoms with Crippen molar-refractivity contribution in [2.24, 2.45) is 5.92 Å². The minimum absolute atomic E-state index is 0.846. The molecule has 0 bridgehead atoms. The first-order valence-electron chi connectivity index (χ1n) is 3.68. The van der Waals surface area contributed by atoms with Crippen molar-refractivity contribution < 1.29 is 4.74 Å². The van der Waals surface area contributed by atoms with E-state index in [0.717, 1.165) is 19.1 Å². The molecular formula is C8H15O. The van der Waals surface area contributed by atoms with Crippen molar-refractivity contribution in [1.29, 1.82) is 0 Å². The highest BCUT2D eigenvalue weighted by molar-refractivity contribution is 4.87. The lowest BCUT2D eigenvalue weighted by Crippen LogP contribution is -2.18. The van der Waals surface area contributed by atoms with Crippen molar-refractivity contribution in [3.8, 4) is 0 Å². The molecule has 0 amide bonds. The summed E-state index contributed by atoms with van der Waals surface area (Å²) in [6.45, 7) is 6.37. The van der Waals surface area contributed by atoms with E-state index in [0.29, 0.717) is 0 Å². The van der Waals surface area contributed by atoms with Gasteiger partial charge >= 0.3 is 0 Å². The SMILES string of the molecule is C[C](C)C1CCOCC1. The van der Waals surface area contributed by atoms with Gasteiger partial charge in [0.2, 0.25) is 0 Å². The zero-order chi connectivity index (χ0) is 6.69. The fourth-order valence-corrected chi connectivity index (χ4v) is 1.27. The third kappa shape index (κ3) is 1.98. The van der Waals surface area contributed by atoms with Gasteiger partial charge in [-0.1, -0.05) is 13.8 Å². The predicted molar refractivity (Wildman–Crippen MR) is 38.1 cm³/mol. The van der Waals surface area contributed by atoms with E-state index >= 15 is 0 Å². The van der Waals surface area contributed by atoms with Crippen molar-refractivity contribution in [3.05, 3.63) is 5.92 Å². The molecule has 1 aliphatic heterocycles. The largest absolute Gasteiger partial charge is 0.381 e. The summed E-state index contributed by atoms with van der Waals surface area (Å²) in [7, 11) is 0. The van der Waals surface area contributed by atoms with Crippen LogP contribution in [-0.4, -0.2) is 13.2 Å². The van der Waals surface area contributed by atoms with Crippen LogP contribution in [0, 0.1) is 11.8 Å². The van der Waals surface area contributed by atoms with Gasteiger partial charge in [-0.15, -0.1) is 0 Å². The van der Waals surface area contributed by atoms with Gasteiger partial charge in [-0.3, -0.25) is 0 Å². The van der Waals surface area contributed by atoms with Gasteiger partial charge < -0.3 is 4.74 Å². The first-order valence-corrected chi connectivity index (χ1v) is 3.68. The summed E-state index contributed by atoms with van der Waals surface area (Å²) in [6.07, 6.45) is 2.48. The van der Waals surface area contributed by atoms with Gasteiger partial charge in [-0.2, -0.15) is 0 Å². The van der Waals surface area contributed by atoms with Crippen LogP contribution < -0.4 is 0 Å². The van der Waals surface area contributed by atoms with E-state index in [9.17, 15) is 0 Å². The van der Waals surface area contributed by atoms with Gasteiger partial charge in [0, 0.05) is 13.2 Å². The molecule has 53 valence electrons. The molecule has 0 aliphatic carbocycles. The molecule has 0 aromatic carbocycles. The van der Waals surface area contributed by atoms with Gasteiger partial charge in [0.1, 0.15) is 0 Å². The Balaban J connectivity index is 2.23. The second-order valence-corrected chi connectivity index (χ2v) is 2.96. The Morgan fingerprint density at radius 3 is 2.11 bits per heavy atom. The Kier molecular flexibility index (Phi) is 2.52. The third-order valence-corrected chi connectivity index (χ3v) is 2.04. The van der Waals surface area contributed by atoms with E-state index < -0.39 is 0 Å². The highest BCUT2D eigenvalue weighted by Crippen LogP contribution is 2.23. The van der Waals surface area contributed by atoms with E-state index in [1.165, 1.54) is 12.8 Å². The number of rotatable bonds is 1. The fourth-order valence-electron chi connectivity index (χ4n) is 1.27. The monoisotopic (exact) mass is 127 g/mol. The molecule has 1 rings (SSSR count). The molecule has 1 heteroatoms. The summed E-state index contributed by atoms with van der Waals surface area (Å²) in [5.41, 5.74) is 0. The zero-order valence-corrected chi connectivity index (χ0v) is 6.31. The molecular weight excluding hydrogens is 112 g/mol. The number of ether oxygens (including phenoxy) is 1. The average molecular weight is 127 g/mol. The molecule has 0 atom stereocenters. The molecule has 1 nitrogen and oxygen atoms in total. The molecule has 9 heavy (non-hydrogen) atoms. The molecule has 0 N–H and O–H groups in total. The second-order valence-electron chi connectivity index (χ2n) is 2.96. The molecule has 0 spiro atoms. The minimum atomic E-state index is 0.846. The summed E-state index contributed by atoms with van der Waals surface area (Å²) < 4.78 is 5.24. The van der Waals surface area contributed by atoms with Crippen LogP contribution in [0.4, 0.5) is 0 Å². The van der Waals surface area contributed by atoms with Crippen molar-refractivity contribution in [1.82, 2.24) is 0 Å². The Morgan fingerprint density at radius 2 is 1.78 bits per heavy atom. The summed E-state index contributed by atoms with van der Waals surface area (Å²) in [5, 5.41) is 0. The van der Waals surface area contributed by atoms with Gasteiger partial charge in [-0.05, 0) is 24.7 Å². The number of hydrogen-bond acceptors (Lipinski definition) is 1. The Labute approximate surface area is 57.4 Å². The fraction of sp³-hybridized carbons (Fsp3) is 0.875. The highest BCUT2D eigenvalue weighted by atomic mass is 16.5. The molecule has 1 heterocycles. The summed E-state index contributed by atoms with van der Waals surface area (Å²) in [4.78, 5) is 0. The predicted octanol–water partition coefficient (Wildman–Crippen LogP) is 2.03. The number of hydrogen-bond donors (Lipinski definition) is 0. The minimum Gasteiger partial charge on any atom is -0.381 e. The van der Waals surface area contributed by atoms with Crippen LogP contribution in [0.2, 0.25) is 0 Å². The maximum atomic E-state index is 5.24. The quantitative estimate of drug-likeness (QED) is 0.523. The Hall–Kier alpha value is -0.0400. The lowest BCUT2D eigenvalue weighted by atomic mass is 9.89. The Bertz CT molecular complexity index is 72.6. The van der Waals surface area contributed by atoms with Crippen LogP contribution in [0.5, 0.6) is 0 Å². The summed E-state index contributed by atoms with van der Waals surface area (Å²) >= 11 is 0. The lowest BCUT2D eigenvalue weighted by Gasteiger charge is -2.24. The van der Waals surface area contributed by atoms with Gasteiger partial charge in [0.15, 0.2) is 0 Å². The van der Waals surface area contributed by atoms with E-state index in [1.54, 1.807) is 5.92 Å². The standard InChI is InChI=1S/C8H15O/c1-7(2)8-3-5-9-6-4-8/h8H,3-6H2,1-2H3. The topological polar surface area (TPSA) is 9.23 Å². The lowest BCUT2D eigenvalue weighted by molar-refractivity contribution is 0.0705. The second kappa shape index (κ2) is 3.21. The van der Waals surface area contributed by atoms with E-state index in [1.807, 2.05) is 0 Å². The van der Waals surface area contributed by atoms with E-state index in [2.05, 4.69) is 13.8 Å². The Morgan fingerprint density at radius 1 is 1.22 bits per heavy atom. The average Bonchev–Trinajstić information content (AvgIpc) is 1.90. The van der Waals surface area contributed by atoms with Crippen LogP contribution in [0.15, 0.2) is 0 Å². The first-order chi connectivity index (χ1) is 4.30. The van der Waals surface area contributed by atoms with Crippen molar-refractivity contribution >= 4 is 0 Å². The molecule has 0 aromatic rings. The van der Waals surface area contributed by atoms with Crippen LogP contribution >= 0.6 is 0 Å². The molecule has 1 fully saturated rings. The van der Waals surface area contributed by atoms with E-state index in [4.69, 9.17) is 4.74 Å². The maximum absolute atomic E-state index is 5.24. The van der Waals surface area contributed by atoms with Crippen LogP contribution in [0.3, 0.4) is 0 Å². The summed E-state index contributed by atoms with van der Waals surface area (Å²) in [6, 6.07) is 0. The zero-order valence-electron chi connectivity index (χ0n) is 6.31. The molecule has 0 saturated carbocycles. The smallest absolute Gasteiger partial charge is 0.0468 e. The maximum Gasteiger partial charge on any atom is 0.0468 e. The van der Waals surface area contributed by atoms with Gasteiger partial charge in [-0.25, -0.2) is 0 Å². The van der Waals surface area contributed by atoms with Gasteiger partial charge in [0.05, 0.1) is 0 Å². The molecule has 0 unspecified atom stereocenters. The summed E-state index contributed by atoms with van der Waals surface area (Å²) in [5.74, 6) is 2.41. The van der Waals surface area contributed by atoms with Crippen molar-refractivity contribution in [2.75, 3.05) is 13.2 Å². The molecule has 1 radical (unpaired) electrons. The van der Waals surface area contributed by atoms with Crippen molar-refractivity contribution in [3.63, 3.8) is 0 Å². The first kappa shape index (κ1) is 7.07. The van der Waals surface area contributed by atoms with Crippen LogP contribution in [0.25, 0.3) is 0 Å². The molecule has 0 aromatic heterocycles. The molecule has 1 saturated heterocycles.